The number of carbonyl (C=O) groups excluding carboxylic acids is 1. The fraction of sp³-hybridized carbons (Fsp3) is 0.0667. The number of hydrogen-bond acceptors (Lipinski definition) is 6. The average Bonchev–Trinajstić information content (AvgIpc) is 2.94. The van der Waals surface area contributed by atoms with Gasteiger partial charge in [-0.25, -0.2) is 18.7 Å². The van der Waals surface area contributed by atoms with Gasteiger partial charge in [-0.3, -0.25) is 4.79 Å². The number of hydrogen-bond donors (Lipinski definition) is 2. The largest absolute Gasteiger partial charge is 0.329 e. The Kier molecular flexibility index (Phi) is 5.00. The molecular weight excluding hydrogens is 416 g/mol. The predicted octanol–water partition coefficient (Wildman–Crippen LogP) is 4.28. The number of halogens is 3. The first-order valence-corrected chi connectivity index (χ1v) is 8.48. The molecule has 0 aliphatic rings. The van der Waals surface area contributed by atoms with Crippen molar-refractivity contribution in [3.05, 3.63) is 58.1 Å². The smallest absolute Gasteiger partial charge is 0.260 e. The van der Waals surface area contributed by atoms with Crippen LogP contribution >= 0.6 is 27.5 Å². The van der Waals surface area contributed by atoms with Crippen molar-refractivity contribution in [2.75, 3.05) is 10.6 Å². The molecule has 2 heterocycles. The Morgan fingerprint density at radius 2 is 2.00 bits per heavy atom. The molecule has 0 saturated carbocycles. The Labute approximate surface area is 153 Å². The standard InChI is InChI=1S/C15H10BrF2N5OS/c1-7-13(14(24)21-8-2-3-9(17)10(18)4-8)15(25-23-7)22-12-6-19-11(16)5-20-12/h2-6H,1H3,(H,20,22)(H,21,24). The second kappa shape index (κ2) is 7.19. The molecule has 3 rings (SSSR count). The molecule has 0 saturated heterocycles. The molecule has 0 spiro atoms. The lowest BCUT2D eigenvalue weighted by atomic mass is 10.2. The van der Waals surface area contributed by atoms with Crippen molar-refractivity contribution in [1.82, 2.24) is 14.3 Å². The minimum absolute atomic E-state index is 0.142. The summed E-state index contributed by atoms with van der Waals surface area (Å²) in [7, 11) is 0. The van der Waals surface area contributed by atoms with Crippen LogP contribution < -0.4 is 10.6 Å². The molecule has 2 aromatic heterocycles. The minimum atomic E-state index is -1.04. The number of amides is 1. The molecule has 0 unspecified atom stereocenters. The van der Waals surface area contributed by atoms with E-state index in [1.54, 1.807) is 6.92 Å². The van der Waals surface area contributed by atoms with Crippen LogP contribution in [0.2, 0.25) is 0 Å². The van der Waals surface area contributed by atoms with Gasteiger partial charge in [0.15, 0.2) is 11.6 Å². The Bertz CT molecular complexity index is 932. The number of nitrogens with zero attached hydrogens (tertiary/aromatic N) is 3. The number of nitrogens with one attached hydrogen (secondary N) is 2. The highest BCUT2D eigenvalue weighted by Gasteiger charge is 2.19. The summed E-state index contributed by atoms with van der Waals surface area (Å²) in [6.07, 6.45) is 3.01. The molecule has 3 aromatic rings. The van der Waals surface area contributed by atoms with Gasteiger partial charge in [-0.1, -0.05) is 0 Å². The molecule has 0 atom stereocenters. The third kappa shape index (κ3) is 3.97. The predicted molar refractivity (Wildman–Crippen MR) is 94.2 cm³/mol. The summed E-state index contributed by atoms with van der Waals surface area (Å²) in [5.41, 5.74) is 0.931. The highest BCUT2D eigenvalue weighted by molar-refractivity contribution is 9.10. The zero-order chi connectivity index (χ0) is 18.0. The first-order valence-electron chi connectivity index (χ1n) is 6.91. The van der Waals surface area contributed by atoms with Crippen molar-refractivity contribution in [3.8, 4) is 0 Å². The summed E-state index contributed by atoms with van der Waals surface area (Å²) >= 11 is 4.27. The SMILES string of the molecule is Cc1nsc(Nc2cnc(Br)cn2)c1C(=O)Nc1ccc(F)c(F)c1. The lowest BCUT2D eigenvalue weighted by molar-refractivity contribution is 0.102. The highest BCUT2D eigenvalue weighted by Crippen LogP contribution is 2.28. The van der Waals surface area contributed by atoms with Gasteiger partial charge in [0.25, 0.3) is 5.91 Å². The van der Waals surface area contributed by atoms with Crippen LogP contribution in [0.4, 0.5) is 25.3 Å². The van der Waals surface area contributed by atoms with Crippen molar-refractivity contribution in [2.24, 2.45) is 0 Å². The van der Waals surface area contributed by atoms with E-state index < -0.39 is 17.5 Å². The molecule has 25 heavy (non-hydrogen) atoms. The monoisotopic (exact) mass is 425 g/mol. The number of aryl methyl sites for hydroxylation is 1. The van der Waals surface area contributed by atoms with Crippen LogP contribution in [0.15, 0.2) is 35.2 Å². The number of rotatable bonds is 4. The lowest BCUT2D eigenvalue weighted by Gasteiger charge is -2.08. The third-order valence-corrected chi connectivity index (χ3v) is 4.39. The normalized spacial score (nSPS) is 10.6. The second-order valence-electron chi connectivity index (χ2n) is 4.90. The summed E-state index contributed by atoms with van der Waals surface area (Å²) in [5, 5.41) is 5.97. The number of carbonyl (C=O) groups is 1. The van der Waals surface area contributed by atoms with Gasteiger partial charge in [-0.2, -0.15) is 4.37 Å². The van der Waals surface area contributed by atoms with Crippen molar-refractivity contribution < 1.29 is 13.6 Å². The molecule has 0 fully saturated rings. The Hall–Kier alpha value is -2.46. The molecular formula is C15H10BrF2N5OS. The quantitative estimate of drug-likeness (QED) is 0.651. The number of benzene rings is 1. The maximum Gasteiger partial charge on any atom is 0.260 e. The average molecular weight is 426 g/mol. The Balaban J connectivity index is 1.83. The van der Waals surface area contributed by atoms with Gasteiger partial charge in [-0.05, 0) is 46.5 Å². The van der Waals surface area contributed by atoms with Crippen molar-refractivity contribution in [3.63, 3.8) is 0 Å². The van der Waals surface area contributed by atoms with Crippen LogP contribution in [-0.4, -0.2) is 20.2 Å². The first kappa shape index (κ1) is 17.4. The molecule has 0 aliphatic carbocycles. The summed E-state index contributed by atoms with van der Waals surface area (Å²) in [6, 6.07) is 3.13. The first-order chi connectivity index (χ1) is 11.9. The molecule has 0 radical (unpaired) electrons. The van der Waals surface area contributed by atoms with Crippen LogP contribution in [0, 0.1) is 18.6 Å². The second-order valence-corrected chi connectivity index (χ2v) is 6.49. The molecule has 6 nitrogen and oxygen atoms in total. The fourth-order valence-corrected chi connectivity index (χ4v) is 2.99. The molecule has 128 valence electrons. The van der Waals surface area contributed by atoms with E-state index in [9.17, 15) is 13.6 Å². The van der Waals surface area contributed by atoms with E-state index in [-0.39, 0.29) is 5.69 Å². The zero-order valence-corrected chi connectivity index (χ0v) is 15.1. The summed E-state index contributed by atoms with van der Waals surface area (Å²) in [6.45, 7) is 1.68. The van der Waals surface area contributed by atoms with Crippen molar-refractivity contribution in [1.29, 1.82) is 0 Å². The third-order valence-electron chi connectivity index (χ3n) is 3.13. The van der Waals surface area contributed by atoms with Crippen LogP contribution in [0.1, 0.15) is 16.1 Å². The minimum Gasteiger partial charge on any atom is -0.329 e. The van der Waals surface area contributed by atoms with Gasteiger partial charge in [-0.15, -0.1) is 0 Å². The van der Waals surface area contributed by atoms with E-state index in [0.29, 0.717) is 26.7 Å². The summed E-state index contributed by atoms with van der Waals surface area (Å²) in [5.74, 6) is -2.08. The molecule has 0 aliphatic heterocycles. The Morgan fingerprint density at radius 1 is 1.20 bits per heavy atom. The van der Waals surface area contributed by atoms with Gasteiger partial charge in [0.05, 0.1) is 23.7 Å². The highest BCUT2D eigenvalue weighted by atomic mass is 79.9. The molecule has 1 amide bonds. The maximum atomic E-state index is 13.3. The van der Waals surface area contributed by atoms with Crippen LogP contribution in [0.25, 0.3) is 0 Å². The molecule has 2 N–H and O–H groups in total. The van der Waals surface area contributed by atoms with E-state index in [1.165, 1.54) is 18.5 Å². The van der Waals surface area contributed by atoms with Crippen LogP contribution in [0.3, 0.4) is 0 Å². The van der Waals surface area contributed by atoms with E-state index in [2.05, 4.69) is 40.9 Å². The lowest BCUT2D eigenvalue weighted by Crippen LogP contribution is -2.14. The number of anilines is 3. The van der Waals surface area contributed by atoms with Gasteiger partial charge in [0, 0.05) is 11.8 Å². The van der Waals surface area contributed by atoms with Gasteiger partial charge >= 0.3 is 0 Å². The summed E-state index contributed by atoms with van der Waals surface area (Å²) in [4.78, 5) is 20.7. The topological polar surface area (TPSA) is 79.8 Å². The van der Waals surface area contributed by atoms with Crippen LogP contribution in [0.5, 0.6) is 0 Å². The van der Waals surface area contributed by atoms with Crippen molar-refractivity contribution in [2.45, 2.75) is 6.92 Å². The van der Waals surface area contributed by atoms with Crippen LogP contribution in [-0.2, 0) is 0 Å². The van der Waals surface area contributed by atoms with Gasteiger partial charge in [0.1, 0.15) is 15.4 Å². The van der Waals surface area contributed by atoms with E-state index in [4.69, 9.17) is 0 Å². The Morgan fingerprint density at radius 3 is 2.68 bits per heavy atom. The van der Waals surface area contributed by atoms with Crippen molar-refractivity contribution >= 4 is 49.9 Å². The van der Waals surface area contributed by atoms with Gasteiger partial charge in [0.2, 0.25) is 0 Å². The molecule has 0 bridgehead atoms. The maximum absolute atomic E-state index is 13.3. The van der Waals surface area contributed by atoms with E-state index in [0.717, 1.165) is 23.7 Å². The van der Waals surface area contributed by atoms with E-state index in [1.807, 2.05) is 0 Å². The molecule has 1 aromatic carbocycles. The number of aromatic nitrogens is 3. The fourth-order valence-electron chi connectivity index (χ4n) is 1.98. The van der Waals surface area contributed by atoms with E-state index >= 15 is 0 Å². The van der Waals surface area contributed by atoms with Gasteiger partial charge < -0.3 is 10.6 Å². The summed E-state index contributed by atoms with van der Waals surface area (Å²) < 4.78 is 31.0. The molecule has 10 heteroatoms. The zero-order valence-electron chi connectivity index (χ0n) is 12.7.